The number of rotatable bonds is 2. The third-order valence-electron chi connectivity index (χ3n) is 1.20. The summed E-state index contributed by atoms with van der Waals surface area (Å²) in [4.78, 5) is 13.2. The smallest absolute Gasteiger partial charge is 0.390 e. The molecule has 0 atom stereocenters. The predicted molar refractivity (Wildman–Crippen MR) is 34.6 cm³/mol. The summed E-state index contributed by atoms with van der Waals surface area (Å²) in [5.41, 5.74) is 0. The lowest BCUT2D eigenvalue weighted by atomic mass is 10.7. The van der Waals surface area contributed by atoms with E-state index in [-0.39, 0.29) is 5.95 Å². The number of aryl methyl sites for hydroxylation is 1. The summed E-state index contributed by atoms with van der Waals surface area (Å²) in [6.07, 6.45) is 3.00. The fourth-order valence-electron chi connectivity index (χ4n) is 0.720. The molecule has 0 radical (unpaired) electrons. The van der Waals surface area contributed by atoms with E-state index in [9.17, 15) is 10.1 Å². The Morgan fingerprint density at radius 2 is 2.60 bits per heavy atom. The van der Waals surface area contributed by atoms with Crippen LogP contribution in [0.5, 0.6) is 0 Å². The minimum Gasteiger partial charge on any atom is -0.390 e. The second kappa shape index (κ2) is 2.47. The van der Waals surface area contributed by atoms with Crippen molar-refractivity contribution in [2.75, 3.05) is 0 Å². The van der Waals surface area contributed by atoms with Crippen LogP contribution in [0, 0.1) is 10.1 Å². The summed E-state index contributed by atoms with van der Waals surface area (Å²) < 4.78 is 1.47. The quantitative estimate of drug-likeness (QED) is 0.452. The highest BCUT2D eigenvalue weighted by Gasteiger charge is 2.10. The highest BCUT2D eigenvalue weighted by atomic mass is 16.6. The van der Waals surface area contributed by atoms with Crippen LogP contribution in [0.2, 0.25) is 0 Å². The number of aromatic nitrogens is 2. The van der Waals surface area contributed by atoms with Crippen LogP contribution in [0.1, 0.15) is 6.92 Å². The van der Waals surface area contributed by atoms with Crippen LogP contribution in [0.3, 0.4) is 0 Å². The number of nitrogens with zero attached hydrogens (tertiary/aromatic N) is 3. The van der Waals surface area contributed by atoms with Gasteiger partial charge in [0, 0.05) is 0 Å². The van der Waals surface area contributed by atoms with Crippen molar-refractivity contribution in [1.82, 2.24) is 9.55 Å². The maximum atomic E-state index is 10.2. The molecular formula is C5H7N3O2. The van der Waals surface area contributed by atoms with E-state index in [2.05, 4.69) is 4.98 Å². The third-order valence-corrected chi connectivity index (χ3v) is 1.20. The second-order valence-electron chi connectivity index (χ2n) is 1.77. The first-order valence-corrected chi connectivity index (χ1v) is 2.91. The van der Waals surface area contributed by atoms with Crippen LogP contribution < -0.4 is 0 Å². The summed E-state index contributed by atoms with van der Waals surface area (Å²) in [5.74, 6) is -0.0949. The molecular weight excluding hydrogens is 134 g/mol. The minimum atomic E-state index is -0.497. The van der Waals surface area contributed by atoms with E-state index in [1.54, 1.807) is 6.20 Å². The zero-order valence-electron chi connectivity index (χ0n) is 5.52. The van der Waals surface area contributed by atoms with Gasteiger partial charge in [-0.2, -0.15) is 0 Å². The van der Waals surface area contributed by atoms with Crippen molar-refractivity contribution in [2.24, 2.45) is 0 Å². The van der Waals surface area contributed by atoms with Crippen molar-refractivity contribution in [3.8, 4) is 0 Å². The van der Waals surface area contributed by atoms with Crippen LogP contribution in [0.4, 0.5) is 5.95 Å². The Morgan fingerprint density at radius 1 is 1.90 bits per heavy atom. The van der Waals surface area contributed by atoms with Gasteiger partial charge in [-0.3, -0.25) is 0 Å². The lowest BCUT2D eigenvalue weighted by Crippen LogP contribution is -2.00. The number of nitro groups is 1. The summed E-state index contributed by atoms with van der Waals surface area (Å²) in [6, 6.07) is 0. The Morgan fingerprint density at radius 3 is 3.00 bits per heavy atom. The molecule has 10 heavy (non-hydrogen) atoms. The zero-order chi connectivity index (χ0) is 7.56. The molecule has 0 saturated heterocycles. The van der Waals surface area contributed by atoms with Gasteiger partial charge in [0.15, 0.2) is 0 Å². The van der Waals surface area contributed by atoms with E-state index in [4.69, 9.17) is 0 Å². The molecule has 0 aromatic carbocycles. The lowest BCUT2D eigenvalue weighted by Gasteiger charge is -1.94. The van der Waals surface area contributed by atoms with Gasteiger partial charge in [-0.1, -0.05) is 4.98 Å². The molecule has 5 heteroatoms. The maximum Gasteiger partial charge on any atom is 0.434 e. The van der Waals surface area contributed by atoms with E-state index in [0.717, 1.165) is 0 Å². The number of hydrogen-bond acceptors (Lipinski definition) is 3. The SMILES string of the molecule is CCn1ccnc1[N+](=O)[O-]. The lowest BCUT2D eigenvalue weighted by molar-refractivity contribution is -0.396. The highest BCUT2D eigenvalue weighted by molar-refractivity contribution is 5.05. The molecule has 1 rings (SSSR count). The van der Waals surface area contributed by atoms with E-state index >= 15 is 0 Å². The molecule has 54 valence electrons. The summed E-state index contributed by atoms with van der Waals surface area (Å²) >= 11 is 0. The Balaban J connectivity index is 3.01. The van der Waals surface area contributed by atoms with E-state index in [1.807, 2.05) is 6.92 Å². The van der Waals surface area contributed by atoms with Crippen LogP contribution in [0.15, 0.2) is 12.4 Å². The van der Waals surface area contributed by atoms with Crippen LogP contribution in [0.25, 0.3) is 0 Å². The Kier molecular flexibility index (Phi) is 1.66. The van der Waals surface area contributed by atoms with Gasteiger partial charge in [0.1, 0.15) is 12.4 Å². The monoisotopic (exact) mass is 141 g/mol. The van der Waals surface area contributed by atoms with Gasteiger partial charge in [-0.25, -0.2) is 4.57 Å². The molecule has 0 N–H and O–H groups in total. The summed E-state index contributed by atoms with van der Waals surface area (Å²) in [6.45, 7) is 2.41. The van der Waals surface area contributed by atoms with E-state index in [0.29, 0.717) is 6.54 Å². The first-order valence-electron chi connectivity index (χ1n) is 2.91. The molecule has 0 unspecified atom stereocenters. The van der Waals surface area contributed by atoms with Crippen molar-refractivity contribution < 1.29 is 4.92 Å². The number of hydrogen-bond donors (Lipinski definition) is 0. The second-order valence-corrected chi connectivity index (χ2v) is 1.77. The minimum absolute atomic E-state index is 0.0949. The third kappa shape index (κ3) is 0.975. The Labute approximate surface area is 57.5 Å². The molecule has 0 aliphatic rings. The largest absolute Gasteiger partial charge is 0.434 e. The topological polar surface area (TPSA) is 61.0 Å². The zero-order valence-corrected chi connectivity index (χ0v) is 5.52. The fourth-order valence-corrected chi connectivity index (χ4v) is 0.720. The fraction of sp³-hybridized carbons (Fsp3) is 0.400. The van der Waals surface area contributed by atoms with Crippen molar-refractivity contribution in [1.29, 1.82) is 0 Å². The molecule has 5 nitrogen and oxygen atoms in total. The molecule has 0 spiro atoms. The van der Waals surface area contributed by atoms with Crippen molar-refractivity contribution in [3.63, 3.8) is 0 Å². The van der Waals surface area contributed by atoms with E-state index in [1.165, 1.54) is 10.8 Å². The average molecular weight is 141 g/mol. The Bertz CT molecular complexity index is 243. The maximum absolute atomic E-state index is 10.2. The normalized spacial score (nSPS) is 9.70. The summed E-state index contributed by atoms with van der Waals surface area (Å²) in [5, 5.41) is 10.2. The van der Waals surface area contributed by atoms with Crippen molar-refractivity contribution in [2.45, 2.75) is 13.5 Å². The van der Waals surface area contributed by atoms with Gasteiger partial charge < -0.3 is 10.1 Å². The molecule has 1 heterocycles. The van der Waals surface area contributed by atoms with Crippen molar-refractivity contribution >= 4 is 5.95 Å². The first kappa shape index (κ1) is 6.73. The molecule has 1 aromatic rings. The van der Waals surface area contributed by atoms with Crippen LogP contribution in [-0.4, -0.2) is 14.5 Å². The first-order chi connectivity index (χ1) is 4.75. The molecule has 0 saturated carbocycles. The van der Waals surface area contributed by atoms with Gasteiger partial charge in [0.05, 0.1) is 6.54 Å². The summed E-state index contributed by atoms with van der Waals surface area (Å²) in [7, 11) is 0. The molecule has 0 amide bonds. The molecule has 0 aliphatic heterocycles. The molecule has 0 fully saturated rings. The van der Waals surface area contributed by atoms with Crippen LogP contribution >= 0.6 is 0 Å². The molecule has 1 aromatic heterocycles. The van der Waals surface area contributed by atoms with E-state index < -0.39 is 4.92 Å². The van der Waals surface area contributed by atoms with Crippen LogP contribution in [-0.2, 0) is 6.54 Å². The molecule has 0 bridgehead atoms. The van der Waals surface area contributed by atoms with Gasteiger partial charge in [-0.05, 0) is 11.8 Å². The standard InChI is InChI=1S/C5H7N3O2/c1-2-7-4-3-6-5(7)8(9)10/h3-4H,2H2,1H3. The van der Waals surface area contributed by atoms with Gasteiger partial charge in [-0.15, -0.1) is 0 Å². The average Bonchev–Trinajstić information content (AvgIpc) is 2.33. The van der Waals surface area contributed by atoms with Gasteiger partial charge in [0.25, 0.3) is 0 Å². The molecule has 0 aliphatic carbocycles. The van der Waals surface area contributed by atoms with Gasteiger partial charge in [0.2, 0.25) is 0 Å². The highest BCUT2D eigenvalue weighted by Crippen LogP contribution is 2.05. The predicted octanol–water partition coefficient (Wildman–Crippen LogP) is 0.811. The Hall–Kier alpha value is -1.39. The van der Waals surface area contributed by atoms with Gasteiger partial charge >= 0.3 is 5.95 Å². The number of imidazole rings is 1. The van der Waals surface area contributed by atoms with Crippen molar-refractivity contribution in [3.05, 3.63) is 22.5 Å².